The fourth-order valence-corrected chi connectivity index (χ4v) is 2.46. The van der Waals surface area contributed by atoms with Crippen LogP contribution in [0.2, 0.25) is 0 Å². The summed E-state index contributed by atoms with van der Waals surface area (Å²) in [5, 5.41) is 26.3. The summed E-state index contributed by atoms with van der Waals surface area (Å²) < 4.78 is 0. The van der Waals surface area contributed by atoms with Crippen molar-refractivity contribution in [2.24, 2.45) is 5.92 Å². The highest BCUT2D eigenvalue weighted by Crippen LogP contribution is 2.22. The van der Waals surface area contributed by atoms with Crippen molar-refractivity contribution in [1.29, 1.82) is 0 Å². The number of non-ortho nitro benzene ring substituents is 2. The summed E-state index contributed by atoms with van der Waals surface area (Å²) in [6.07, 6.45) is 0. The van der Waals surface area contributed by atoms with Gasteiger partial charge in [-0.05, 0) is 36.5 Å². The van der Waals surface area contributed by atoms with Crippen molar-refractivity contribution in [2.75, 3.05) is 5.32 Å². The van der Waals surface area contributed by atoms with Gasteiger partial charge in [0.05, 0.1) is 21.5 Å². The van der Waals surface area contributed by atoms with Gasteiger partial charge in [-0.25, -0.2) is 0 Å². The molecular weight excluding hydrogens is 456 g/mol. The maximum atomic E-state index is 12.3. The number of rotatable bonds is 6. The van der Waals surface area contributed by atoms with Crippen LogP contribution in [-0.4, -0.2) is 32.7 Å². The van der Waals surface area contributed by atoms with Gasteiger partial charge in [-0.1, -0.05) is 13.8 Å². The molecule has 2 aromatic carbocycles. The standard InChI is InChI=1S/C19H18N6O7S/c1-10(2)16(26)20-13-5-3-11(4-6-13)18(28)22-23-19(33)21-17(27)12-7-14(24(29)30)9-15(8-12)25(31)32/h3-10H,1-2H3,(H,20,26)(H,22,28)(H2,21,23,27,33). The van der Waals surface area contributed by atoms with Crippen LogP contribution in [0, 0.1) is 26.1 Å². The smallest absolute Gasteiger partial charge is 0.277 e. The topological polar surface area (TPSA) is 186 Å². The molecule has 0 saturated carbocycles. The number of nitrogens with zero attached hydrogens (tertiary/aromatic N) is 2. The Morgan fingerprint density at radius 3 is 1.88 bits per heavy atom. The van der Waals surface area contributed by atoms with E-state index in [0.717, 1.165) is 12.1 Å². The van der Waals surface area contributed by atoms with Crippen LogP contribution in [0.1, 0.15) is 34.6 Å². The number of amides is 3. The third-order valence-electron chi connectivity index (χ3n) is 4.04. The molecule has 2 aromatic rings. The molecule has 33 heavy (non-hydrogen) atoms. The van der Waals surface area contributed by atoms with Gasteiger partial charge >= 0.3 is 0 Å². The summed E-state index contributed by atoms with van der Waals surface area (Å²) >= 11 is 4.89. The third kappa shape index (κ3) is 7.03. The minimum absolute atomic E-state index is 0.177. The first-order valence-corrected chi connectivity index (χ1v) is 9.65. The second-order valence-corrected chi connectivity index (χ2v) is 7.24. The highest BCUT2D eigenvalue weighted by atomic mass is 32.1. The summed E-state index contributed by atoms with van der Waals surface area (Å²) in [5.74, 6) is -1.95. The van der Waals surface area contributed by atoms with E-state index < -0.39 is 33.0 Å². The van der Waals surface area contributed by atoms with E-state index in [1.807, 2.05) is 0 Å². The number of benzene rings is 2. The Balaban J connectivity index is 1.96. The number of hydrogen-bond acceptors (Lipinski definition) is 8. The Morgan fingerprint density at radius 2 is 1.39 bits per heavy atom. The number of nitro groups is 2. The van der Waals surface area contributed by atoms with Crippen molar-refractivity contribution >= 4 is 52.1 Å². The first-order valence-electron chi connectivity index (χ1n) is 9.24. The molecule has 0 spiro atoms. The van der Waals surface area contributed by atoms with Gasteiger partial charge in [0.1, 0.15) is 0 Å². The van der Waals surface area contributed by atoms with E-state index in [-0.39, 0.29) is 28.1 Å². The van der Waals surface area contributed by atoms with Crippen molar-refractivity contribution in [2.45, 2.75) is 13.8 Å². The molecule has 4 N–H and O–H groups in total. The Bertz CT molecular complexity index is 1100. The summed E-state index contributed by atoms with van der Waals surface area (Å²) in [5.41, 5.74) is 3.59. The van der Waals surface area contributed by atoms with Crippen LogP contribution >= 0.6 is 12.2 Å². The molecule has 0 unspecified atom stereocenters. The zero-order valence-electron chi connectivity index (χ0n) is 17.3. The zero-order valence-corrected chi connectivity index (χ0v) is 18.1. The molecule has 0 aliphatic carbocycles. The normalized spacial score (nSPS) is 10.2. The summed E-state index contributed by atoms with van der Waals surface area (Å²) in [6, 6.07) is 8.39. The number of thiocarbonyl (C=S) groups is 1. The van der Waals surface area contributed by atoms with Crippen LogP contribution in [0.15, 0.2) is 42.5 Å². The molecule has 0 bridgehead atoms. The average Bonchev–Trinajstić information content (AvgIpc) is 2.77. The SMILES string of the molecule is CC(C)C(=O)Nc1ccc(C(=O)NNC(=S)NC(=O)c2cc([N+](=O)[O-])cc([N+](=O)[O-])c2)cc1. The summed E-state index contributed by atoms with van der Waals surface area (Å²) in [7, 11) is 0. The second-order valence-electron chi connectivity index (χ2n) is 6.84. The Kier molecular flexibility index (Phi) is 8.06. The van der Waals surface area contributed by atoms with Gasteiger partial charge in [-0.2, -0.15) is 0 Å². The molecule has 2 rings (SSSR count). The monoisotopic (exact) mass is 474 g/mol. The predicted molar refractivity (Wildman–Crippen MR) is 120 cm³/mol. The molecule has 0 saturated heterocycles. The third-order valence-corrected chi connectivity index (χ3v) is 4.25. The van der Waals surface area contributed by atoms with Crippen molar-refractivity contribution < 1.29 is 24.2 Å². The van der Waals surface area contributed by atoms with Gasteiger partial charge in [0, 0.05) is 29.3 Å². The van der Waals surface area contributed by atoms with Crippen molar-refractivity contribution in [3.63, 3.8) is 0 Å². The number of nitrogens with one attached hydrogen (secondary N) is 4. The molecule has 0 aliphatic rings. The molecule has 0 atom stereocenters. The van der Waals surface area contributed by atoms with E-state index in [4.69, 9.17) is 12.2 Å². The minimum Gasteiger partial charge on any atom is -0.326 e. The minimum atomic E-state index is -0.959. The molecule has 172 valence electrons. The number of carbonyl (C=O) groups excluding carboxylic acids is 3. The number of nitro benzene ring substituents is 2. The lowest BCUT2D eigenvalue weighted by molar-refractivity contribution is -0.394. The number of carbonyl (C=O) groups is 3. The number of hydrazine groups is 1. The van der Waals surface area contributed by atoms with Crippen LogP contribution in [0.25, 0.3) is 0 Å². The molecule has 14 heteroatoms. The Labute approximate surface area is 191 Å². The first kappa shape index (κ1) is 24.8. The fourth-order valence-electron chi connectivity index (χ4n) is 2.32. The fraction of sp³-hybridized carbons (Fsp3) is 0.158. The Hall–Kier alpha value is -4.46. The lowest BCUT2D eigenvalue weighted by atomic mass is 10.1. The largest absolute Gasteiger partial charge is 0.326 e. The first-order chi connectivity index (χ1) is 15.5. The lowest BCUT2D eigenvalue weighted by Crippen LogP contribution is -2.48. The number of anilines is 1. The Morgan fingerprint density at radius 1 is 0.848 bits per heavy atom. The van der Waals surface area contributed by atoms with E-state index in [9.17, 15) is 34.6 Å². The predicted octanol–water partition coefficient (Wildman–Crippen LogP) is 2.05. The van der Waals surface area contributed by atoms with E-state index >= 15 is 0 Å². The van der Waals surface area contributed by atoms with Gasteiger partial charge in [-0.3, -0.25) is 50.8 Å². The highest BCUT2D eigenvalue weighted by Gasteiger charge is 2.20. The average molecular weight is 474 g/mol. The van der Waals surface area contributed by atoms with Gasteiger partial charge in [0.25, 0.3) is 23.2 Å². The molecule has 0 aliphatic heterocycles. The van der Waals surface area contributed by atoms with E-state index in [1.165, 1.54) is 24.3 Å². The van der Waals surface area contributed by atoms with Crippen molar-refractivity contribution in [1.82, 2.24) is 16.2 Å². The maximum Gasteiger partial charge on any atom is 0.277 e. The van der Waals surface area contributed by atoms with E-state index in [0.29, 0.717) is 11.8 Å². The number of hydrogen-bond donors (Lipinski definition) is 4. The quantitative estimate of drug-likeness (QED) is 0.276. The van der Waals surface area contributed by atoms with Crippen LogP contribution in [0.4, 0.5) is 17.1 Å². The van der Waals surface area contributed by atoms with Crippen LogP contribution < -0.4 is 21.5 Å². The molecule has 0 aromatic heterocycles. The van der Waals surface area contributed by atoms with Crippen molar-refractivity contribution in [3.8, 4) is 0 Å². The lowest BCUT2D eigenvalue weighted by Gasteiger charge is -2.11. The molecule has 13 nitrogen and oxygen atoms in total. The van der Waals surface area contributed by atoms with Crippen LogP contribution in [-0.2, 0) is 4.79 Å². The molecule has 3 amide bonds. The van der Waals surface area contributed by atoms with E-state index in [2.05, 4.69) is 21.5 Å². The summed E-state index contributed by atoms with van der Waals surface area (Å²) in [4.78, 5) is 56.3. The van der Waals surface area contributed by atoms with Gasteiger partial charge in [0.2, 0.25) is 5.91 Å². The molecule has 0 radical (unpaired) electrons. The van der Waals surface area contributed by atoms with Crippen LogP contribution in [0.5, 0.6) is 0 Å². The molecular formula is C19H18N6O7S. The summed E-state index contributed by atoms with van der Waals surface area (Å²) in [6.45, 7) is 3.48. The van der Waals surface area contributed by atoms with Crippen molar-refractivity contribution in [3.05, 3.63) is 73.8 Å². The highest BCUT2D eigenvalue weighted by molar-refractivity contribution is 7.80. The molecule has 0 fully saturated rings. The van der Waals surface area contributed by atoms with E-state index in [1.54, 1.807) is 13.8 Å². The van der Waals surface area contributed by atoms with Gasteiger partial charge in [-0.15, -0.1) is 0 Å². The second kappa shape index (κ2) is 10.7. The van der Waals surface area contributed by atoms with Gasteiger partial charge < -0.3 is 5.32 Å². The zero-order chi connectivity index (χ0) is 24.7. The van der Waals surface area contributed by atoms with Gasteiger partial charge in [0.15, 0.2) is 5.11 Å². The maximum absolute atomic E-state index is 12.3. The molecule has 0 heterocycles. The van der Waals surface area contributed by atoms with Crippen LogP contribution in [0.3, 0.4) is 0 Å².